The quantitative estimate of drug-likeness (QED) is 0.821. The molecular formula is C12H17N3O2S2. The van der Waals surface area contributed by atoms with E-state index in [1.165, 1.54) is 22.6 Å². The molecule has 1 fully saturated rings. The third-order valence-corrected chi connectivity index (χ3v) is 5.48. The maximum atomic E-state index is 12.3. The van der Waals surface area contributed by atoms with Crippen LogP contribution in [-0.2, 0) is 10.0 Å². The monoisotopic (exact) mass is 299 g/mol. The molecule has 0 aliphatic heterocycles. The van der Waals surface area contributed by atoms with Crippen molar-refractivity contribution in [2.24, 2.45) is 17.6 Å². The van der Waals surface area contributed by atoms with Crippen LogP contribution in [0, 0.1) is 11.8 Å². The molecule has 1 aromatic heterocycles. The largest absolute Gasteiger partial charge is 0.388 e. The second-order valence-corrected chi connectivity index (χ2v) is 7.49. The molecule has 2 rings (SSSR count). The van der Waals surface area contributed by atoms with Crippen molar-refractivity contribution in [1.29, 1.82) is 0 Å². The van der Waals surface area contributed by atoms with Gasteiger partial charge in [0.15, 0.2) is 0 Å². The Labute approximate surface area is 118 Å². The van der Waals surface area contributed by atoms with E-state index in [-0.39, 0.29) is 9.88 Å². The molecule has 0 bridgehead atoms. The summed E-state index contributed by atoms with van der Waals surface area (Å²) < 4.78 is 26.0. The van der Waals surface area contributed by atoms with Gasteiger partial charge < -0.3 is 5.73 Å². The van der Waals surface area contributed by atoms with Crippen molar-refractivity contribution in [3.05, 3.63) is 24.0 Å². The van der Waals surface area contributed by atoms with E-state index in [0.29, 0.717) is 24.1 Å². The fraction of sp³-hybridized carbons (Fsp3) is 0.500. The summed E-state index contributed by atoms with van der Waals surface area (Å²) in [5, 5.41) is 0. The number of thiocarbonyl (C=S) groups is 1. The van der Waals surface area contributed by atoms with Gasteiger partial charge >= 0.3 is 0 Å². The van der Waals surface area contributed by atoms with Crippen LogP contribution in [0.4, 0.5) is 0 Å². The molecule has 2 unspecified atom stereocenters. The molecule has 1 saturated carbocycles. The number of hydrogen-bond acceptors (Lipinski definition) is 4. The SMILES string of the molecule is CC1CC1CN(C)S(=O)(=O)c1ccc(C(N)=S)nc1. The highest BCUT2D eigenvalue weighted by atomic mass is 32.2. The summed E-state index contributed by atoms with van der Waals surface area (Å²) in [5.74, 6) is 1.09. The highest BCUT2D eigenvalue weighted by molar-refractivity contribution is 7.89. The van der Waals surface area contributed by atoms with E-state index < -0.39 is 10.0 Å². The predicted molar refractivity (Wildman–Crippen MR) is 77.2 cm³/mol. The summed E-state index contributed by atoms with van der Waals surface area (Å²) in [5.41, 5.74) is 5.85. The number of sulfonamides is 1. The molecular weight excluding hydrogens is 282 g/mol. The van der Waals surface area contributed by atoms with Gasteiger partial charge in [-0.1, -0.05) is 19.1 Å². The minimum absolute atomic E-state index is 0.157. The lowest BCUT2D eigenvalue weighted by molar-refractivity contribution is 0.444. The maximum absolute atomic E-state index is 12.3. The molecule has 0 spiro atoms. The molecule has 2 atom stereocenters. The van der Waals surface area contributed by atoms with Crippen molar-refractivity contribution in [3.8, 4) is 0 Å². The lowest BCUT2D eigenvalue weighted by atomic mass is 10.3. The Morgan fingerprint density at radius 1 is 1.58 bits per heavy atom. The highest BCUT2D eigenvalue weighted by Gasteiger charge is 2.36. The van der Waals surface area contributed by atoms with Crippen LogP contribution < -0.4 is 5.73 Å². The number of nitrogens with two attached hydrogens (primary N) is 1. The first-order valence-corrected chi connectivity index (χ1v) is 7.89. The summed E-state index contributed by atoms with van der Waals surface area (Å²) in [4.78, 5) is 4.29. The van der Waals surface area contributed by atoms with Gasteiger partial charge in [-0.15, -0.1) is 0 Å². The summed E-state index contributed by atoms with van der Waals surface area (Å²) in [6.07, 6.45) is 2.40. The molecule has 1 aliphatic rings. The van der Waals surface area contributed by atoms with Crippen LogP contribution in [0.15, 0.2) is 23.2 Å². The normalized spacial score (nSPS) is 22.5. The molecule has 0 aromatic carbocycles. The Bertz CT molecular complexity index is 583. The molecule has 7 heteroatoms. The van der Waals surface area contributed by atoms with E-state index >= 15 is 0 Å². The first kappa shape index (κ1) is 14.4. The van der Waals surface area contributed by atoms with Crippen LogP contribution in [0.2, 0.25) is 0 Å². The van der Waals surface area contributed by atoms with E-state index in [2.05, 4.69) is 11.9 Å². The Kier molecular flexibility index (Phi) is 3.89. The lowest BCUT2D eigenvalue weighted by Crippen LogP contribution is -2.29. The Morgan fingerprint density at radius 3 is 2.63 bits per heavy atom. The van der Waals surface area contributed by atoms with Crippen LogP contribution in [0.3, 0.4) is 0 Å². The molecule has 1 aliphatic carbocycles. The first-order valence-electron chi connectivity index (χ1n) is 6.04. The standard InChI is InChI=1S/C12H17N3O2S2/c1-8-5-9(8)7-15(2)19(16,17)10-3-4-11(12(13)18)14-6-10/h3-4,6,8-9H,5,7H2,1-2H3,(H2,13,18). The molecule has 2 N–H and O–H groups in total. The minimum Gasteiger partial charge on any atom is -0.388 e. The van der Waals surface area contributed by atoms with Crippen molar-refractivity contribution in [3.63, 3.8) is 0 Å². The number of rotatable bonds is 5. The Hall–Kier alpha value is -1.05. The van der Waals surface area contributed by atoms with Crippen LogP contribution in [0.25, 0.3) is 0 Å². The number of pyridine rings is 1. The van der Waals surface area contributed by atoms with Crippen LogP contribution in [0.1, 0.15) is 19.0 Å². The zero-order valence-electron chi connectivity index (χ0n) is 10.9. The van der Waals surface area contributed by atoms with Gasteiger partial charge in [0.25, 0.3) is 0 Å². The van der Waals surface area contributed by atoms with E-state index in [0.717, 1.165) is 6.42 Å². The molecule has 0 saturated heterocycles. The average Bonchev–Trinajstić information content (AvgIpc) is 3.04. The molecule has 1 heterocycles. The zero-order chi connectivity index (χ0) is 14.2. The minimum atomic E-state index is -3.47. The van der Waals surface area contributed by atoms with Crippen LogP contribution >= 0.6 is 12.2 Å². The first-order chi connectivity index (χ1) is 8.82. The van der Waals surface area contributed by atoms with Crippen molar-refractivity contribution in [2.75, 3.05) is 13.6 Å². The van der Waals surface area contributed by atoms with Gasteiger partial charge in [0.05, 0.1) is 5.69 Å². The van der Waals surface area contributed by atoms with Gasteiger partial charge in [-0.25, -0.2) is 12.7 Å². The van der Waals surface area contributed by atoms with Gasteiger partial charge in [-0.2, -0.15) is 0 Å². The Morgan fingerprint density at radius 2 is 2.21 bits per heavy atom. The third kappa shape index (κ3) is 3.10. The topological polar surface area (TPSA) is 76.3 Å². The summed E-state index contributed by atoms with van der Waals surface area (Å²) in [7, 11) is -1.87. The van der Waals surface area contributed by atoms with Crippen LogP contribution in [-0.4, -0.2) is 36.3 Å². The van der Waals surface area contributed by atoms with Crippen LogP contribution in [0.5, 0.6) is 0 Å². The lowest BCUT2D eigenvalue weighted by Gasteiger charge is -2.16. The molecule has 104 valence electrons. The molecule has 1 aromatic rings. The fourth-order valence-electron chi connectivity index (χ4n) is 1.94. The van der Waals surface area contributed by atoms with Gasteiger partial charge in [0.2, 0.25) is 10.0 Å². The zero-order valence-corrected chi connectivity index (χ0v) is 12.5. The molecule has 0 amide bonds. The second-order valence-electron chi connectivity index (χ2n) is 5.00. The highest BCUT2D eigenvalue weighted by Crippen LogP contribution is 2.38. The van der Waals surface area contributed by atoms with E-state index in [1.54, 1.807) is 7.05 Å². The fourth-order valence-corrected chi connectivity index (χ4v) is 3.23. The predicted octanol–water partition coefficient (Wildman–Crippen LogP) is 0.992. The molecule has 0 radical (unpaired) electrons. The van der Waals surface area contributed by atoms with Gasteiger partial charge in [0, 0.05) is 19.8 Å². The number of nitrogens with zero attached hydrogens (tertiary/aromatic N) is 2. The molecule has 5 nitrogen and oxygen atoms in total. The maximum Gasteiger partial charge on any atom is 0.244 e. The van der Waals surface area contributed by atoms with Crippen molar-refractivity contribution < 1.29 is 8.42 Å². The van der Waals surface area contributed by atoms with Gasteiger partial charge in [-0.3, -0.25) is 4.98 Å². The molecule has 19 heavy (non-hydrogen) atoms. The Balaban J connectivity index is 2.16. The second kappa shape index (κ2) is 5.15. The summed E-state index contributed by atoms with van der Waals surface area (Å²) in [6.45, 7) is 2.68. The summed E-state index contributed by atoms with van der Waals surface area (Å²) >= 11 is 4.78. The summed E-state index contributed by atoms with van der Waals surface area (Å²) in [6, 6.07) is 3.02. The van der Waals surface area contributed by atoms with E-state index in [9.17, 15) is 8.42 Å². The van der Waals surface area contributed by atoms with E-state index in [1.807, 2.05) is 0 Å². The van der Waals surface area contributed by atoms with Crippen molar-refractivity contribution >= 4 is 27.2 Å². The number of hydrogen-bond donors (Lipinski definition) is 1. The smallest absolute Gasteiger partial charge is 0.244 e. The third-order valence-electron chi connectivity index (χ3n) is 3.46. The van der Waals surface area contributed by atoms with Gasteiger partial charge in [0.1, 0.15) is 9.88 Å². The van der Waals surface area contributed by atoms with Gasteiger partial charge in [-0.05, 0) is 30.4 Å². The van der Waals surface area contributed by atoms with Crippen molar-refractivity contribution in [2.45, 2.75) is 18.2 Å². The van der Waals surface area contributed by atoms with E-state index in [4.69, 9.17) is 18.0 Å². The number of aromatic nitrogens is 1. The average molecular weight is 299 g/mol. The van der Waals surface area contributed by atoms with Crippen molar-refractivity contribution in [1.82, 2.24) is 9.29 Å².